The summed E-state index contributed by atoms with van der Waals surface area (Å²) in [6.07, 6.45) is 5.80. The maximum Gasteiger partial charge on any atom is 0.408 e. The fourth-order valence-electron chi connectivity index (χ4n) is 3.18. The second-order valence-corrected chi connectivity index (χ2v) is 8.20. The third kappa shape index (κ3) is 7.89. The van der Waals surface area contributed by atoms with Crippen LogP contribution in [-0.4, -0.2) is 35.4 Å². The lowest BCUT2D eigenvalue weighted by Gasteiger charge is -2.22. The van der Waals surface area contributed by atoms with Gasteiger partial charge in [0, 0.05) is 6.42 Å². The van der Waals surface area contributed by atoms with Crippen molar-refractivity contribution >= 4 is 12.1 Å². The summed E-state index contributed by atoms with van der Waals surface area (Å²) in [7, 11) is 0. The zero-order chi connectivity index (χ0) is 19.9. The Morgan fingerprint density at radius 2 is 1.78 bits per heavy atom. The summed E-state index contributed by atoms with van der Waals surface area (Å²) in [5.41, 5.74) is 0.133. The Bertz CT molecular complexity index is 614. The third-order valence-electron chi connectivity index (χ3n) is 4.56. The molecule has 1 aromatic rings. The number of aliphatic carboxylic acids is 1. The molecule has 0 aliphatic heterocycles. The lowest BCUT2D eigenvalue weighted by molar-refractivity contribution is -0.139. The van der Waals surface area contributed by atoms with Crippen LogP contribution in [0.3, 0.4) is 0 Å². The molecule has 0 saturated heterocycles. The van der Waals surface area contributed by atoms with E-state index in [1.54, 1.807) is 20.8 Å². The Balaban J connectivity index is 1.86. The van der Waals surface area contributed by atoms with Gasteiger partial charge in [0.1, 0.15) is 17.4 Å². The molecule has 1 atom stereocenters. The highest BCUT2D eigenvalue weighted by Crippen LogP contribution is 2.24. The molecular formula is C21H31NO5. The van der Waals surface area contributed by atoms with Crippen LogP contribution >= 0.6 is 0 Å². The molecule has 150 valence electrons. The minimum atomic E-state index is -1.10. The minimum absolute atomic E-state index is 0.178. The summed E-state index contributed by atoms with van der Waals surface area (Å²) in [6.45, 7) is 5.93. The second kappa shape index (κ2) is 9.62. The maximum atomic E-state index is 11.8. The molecular weight excluding hydrogens is 346 g/mol. The smallest absolute Gasteiger partial charge is 0.408 e. The van der Waals surface area contributed by atoms with Crippen LogP contribution in [0.2, 0.25) is 0 Å². The Morgan fingerprint density at radius 1 is 1.15 bits per heavy atom. The van der Waals surface area contributed by atoms with E-state index in [2.05, 4.69) is 5.32 Å². The molecule has 6 heteroatoms. The average molecular weight is 377 g/mol. The summed E-state index contributed by atoms with van der Waals surface area (Å²) in [5.74, 6) is 0.322. The van der Waals surface area contributed by atoms with Gasteiger partial charge in [-0.05, 0) is 57.2 Å². The average Bonchev–Trinajstić information content (AvgIpc) is 2.60. The van der Waals surface area contributed by atoms with E-state index in [1.807, 2.05) is 24.3 Å². The zero-order valence-corrected chi connectivity index (χ0v) is 16.5. The predicted molar refractivity (Wildman–Crippen MR) is 103 cm³/mol. The number of benzene rings is 1. The normalized spacial score (nSPS) is 16.4. The molecule has 0 spiro atoms. The van der Waals surface area contributed by atoms with Gasteiger partial charge in [-0.2, -0.15) is 0 Å². The van der Waals surface area contributed by atoms with E-state index >= 15 is 0 Å². The van der Waals surface area contributed by atoms with Crippen LogP contribution in [0.15, 0.2) is 24.3 Å². The molecule has 1 amide bonds. The number of alkyl carbamates (subject to hydrolysis) is 1. The van der Waals surface area contributed by atoms with E-state index in [-0.39, 0.29) is 6.42 Å². The first-order valence-electron chi connectivity index (χ1n) is 9.67. The number of carboxylic acid groups (broad SMARTS) is 1. The van der Waals surface area contributed by atoms with E-state index in [1.165, 1.54) is 32.1 Å². The van der Waals surface area contributed by atoms with Crippen LogP contribution in [0.5, 0.6) is 5.75 Å². The van der Waals surface area contributed by atoms with Gasteiger partial charge in [-0.25, -0.2) is 9.59 Å². The van der Waals surface area contributed by atoms with Crippen molar-refractivity contribution in [2.24, 2.45) is 5.92 Å². The topological polar surface area (TPSA) is 84.9 Å². The molecule has 0 unspecified atom stereocenters. The highest BCUT2D eigenvalue weighted by Gasteiger charge is 2.24. The summed E-state index contributed by atoms with van der Waals surface area (Å²) in [5, 5.41) is 11.8. The van der Waals surface area contributed by atoms with Crippen molar-refractivity contribution in [2.75, 3.05) is 6.61 Å². The molecule has 2 rings (SSSR count). The number of hydrogen-bond acceptors (Lipinski definition) is 4. The molecule has 1 aromatic carbocycles. The van der Waals surface area contributed by atoms with Crippen LogP contribution in [0.25, 0.3) is 0 Å². The zero-order valence-electron chi connectivity index (χ0n) is 16.5. The number of nitrogens with one attached hydrogen (secondary N) is 1. The van der Waals surface area contributed by atoms with Gasteiger partial charge in [0.2, 0.25) is 0 Å². The van der Waals surface area contributed by atoms with Crippen LogP contribution in [-0.2, 0) is 16.0 Å². The number of carboxylic acids is 1. The van der Waals surface area contributed by atoms with Crippen molar-refractivity contribution in [3.63, 3.8) is 0 Å². The van der Waals surface area contributed by atoms with E-state index in [4.69, 9.17) is 9.47 Å². The summed E-state index contributed by atoms with van der Waals surface area (Å²) < 4.78 is 11.0. The van der Waals surface area contributed by atoms with Gasteiger partial charge in [0.05, 0.1) is 6.61 Å². The quantitative estimate of drug-likeness (QED) is 0.745. The first kappa shape index (κ1) is 21.1. The van der Waals surface area contributed by atoms with E-state index in [9.17, 15) is 14.7 Å². The maximum absolute atomic E-state index is 11.8. The van der Waals surface area contributed by atoms with Crippen molar-refractivity contribution < 1.29 is 24.2 Å². The van der Waals surface area contributed by atoms with Gasteiger partial charge >= 0.3 is 12.1 Å². The molecule has 0 heterocycles. The molecule has 6 nitrogen and oxygen atoms in total. The van der Waals surface area contributed by atoms with E-state index in [0.29, 0.717) is 5.92 Å². The fraction of sp³-hybridized carbons (Fsp3) is 0.619. The van der Waals surface area contributed by atoms with Crippen LogP contribution in [0, 0.1) is 5.92 Å². The SMILES string of the molecule is CC(C)(C)OC(=O)N[C@@H](Cc1ccc(OCC2CCCCC2)cc1)C(=O)O. The molecule has 0 aromatic heterocycles. The van der Waals surface area contributed by atoms with Crippen LogP contribution < -0.4 is 10.1 Å². The lowest BCUT2D eigenvalue weighted by Crippen LogP contribution is -2.44. The Kier molecular flexibility index (Phi) is 7.51. The number of ether oxygens (including phenoxy) is 2. The number of amides is 1. The largest absolute Gasteiger partial charge is 0.493 e. The summed E-state index contributed by atoms with van der Waals surface area (Å²) in [6, 6.07) is 6.33. The van der Waals surface area contributed by atoms with Crippen LogP contribution in [0.4, 0.5) is 4.79 Å². The first-order chi connectivity index (χ1) is 12.7. The van der Waals surface area contributed by atoms with Crippen molar-refractivity contribution in [3.8, 4) is 5.75 Å². The minimum Gasteiger partial charge on any atom is -0.493 e. The second-order valence-electron chi connectivity index (χ2n) is 8.20. The van der Waals surface area contributed by atoms with Crippen molar-refractivity contribution in [1.82, 2.24) is 5.32 Å². The van der Waals surface area contributed by atoms with Gasteiger partial charge < -0.3 is 19.9 Å². The first-order valence-corrected chi connectivity index (χ1v) is 9.67. The van der Waals surface area contributed by atoms with Gasteiger partial charge in [-0.15, -0.1) is 0 Å². The third-order valence-corrected chi connectivity index (χ3v) is 4.56. The molecule has 1 saturated carbocycles. The van der Waals surface area contributed by atoms with Crippen molar-refractivity contribution in [1.29, 1.82) is 0 Å². The number of carbonyl (C=O) groups is 2. The molecule has 1 aliphatic carbocycles. The molecule has 27 heavy (non-hydrogen) atoms. The van der Waals surface area contributed by atoms with Gasteiger partial charge in [0.25, 0.3) is 0 Å². The summed E-state index contributed by atoms with van der Waals surface area (Å²) in [4.78, 5) is 23.3. The predicted octanol–water partition coefficient (Wildman–Crippen LogP) is 4.17. The van der Waals surface area contributed by atoms with Gasteiger partial charge in [-0.1, -0.05) is 31.4 Å². The van der Waals surface area contributed by atoms with Gasteiger partial charge in [0.15, 0.2) is 0 Å². The number of hydrogen-bond donors (Lipinski definition) is 2. The molecule has 0 bridgehead atoms. The van der Waals surface area contributed by atoms with Gasteiger partial charge in [-0.3, -0.25) is 0 Å². The highest BCUT2D eigenvalue weighted by molar-refractivity contribution is 5.80. The molecule has 1 fully saturated rings. The van der Waals surface area contributed by atoms with Crippen molar-refractivity contribution in [3.05, 3.63) is 29.8 Å². The van der Waals surface area contributed by atoms with E-state index < -0.39 is 23.7 Å². The number of rotatable bonds is 7. The molecule has 1 aliphatic rings. The Hall–Kier alpha value is -2.24. The monoisotopic (exact) mass is 377 g/mol. The van der Waals surface area contributed by atoms with Crippen molar-refractivity contribution in [2.45, 2.75) is 70.9 Å². The summed E-state index contributed by atoms with van der Waals surface area (Å²) >= 11 is 0. The van der Waals surface area contributed by atoms with Crippen LogP contribution in [0.1, 0.15) is 58.4 Å². The highest BCUT2D eigenvalue weighted by atomic mass is 16.6. The Labute approximate surface area is 161 Å². The lowest BCUT2D eigenvalue weighted by atomic mass is 9.90. The molecule has 2 N–H and O–H groups in total. The Morgan fingerprint density at radius 3 is 2.33 bits per heavy atom. The standard InChI is InChI=1S/C21H31NO5/c1-21(2,3)27-20(25)22-18(19(23)24)13-15-9-11-17(12-10-15)26-14-16-7-5-4-6-8-16/h9-12,16,18H,4-8,13-14H2,1-3H3,(H,22,25)(H,23,24)/t18-/m0/s1. The van der Waals surface area contributed by atoms with E-state index in [0.717, 1.165) is 17.9 Å². The number of carbonyl (C=O) groups excluding carboxylic acids is 1. The fourth-order valence-corrected chi connectivity index (χ4v) is 3.18. The molecule has 0 radical (unpaired) electrons.